The van der Waals surface area contributed by atoms with E-state index in [9.17, 15) is 4.79 Å². The summed E-state index contributed by atoms with van der Waals surface area (Å²) >= 11 is 8.25. The number of fused-ring (bicyclic) bond motifs is 1. The van der Waals surface area contributed by atoms with Gasteiger partial charge in [-0.3, -0.25) is 4.79 Å². The van der Waals surface area contributed by atoms with Crippen molar-refractivity contribution >= 4 is 59.1 Å². The molecule has 0 atom stereocenters. The second-order valence-corrected chi connectivity index (χ2v) is 5.12. The Balaban J connectivity index is 2.70. The first-order chi connectivity index (χ1) is 6.74. The van der Waals surface area contributed by atoms with E-state index in [1.165, 1.54) is 0 Å². The molecule has 2 aromatic rings. The largest absolute Gasteiger partial charge is 0.293 e. The number of thiophene rings is 1. The van der Waals surface area contributed by atoms with Gasteiger partial charge >= 0.3 is 0 Å². The maximum absolute atomic E-state index is 11.5. The number of hydrogen-bond acceptors (Lipinski definition) is 2. The van der Waals surface area contributed by atoms with Crippen LogP contribution in [0.1, 0.15) is 10.4 Å². The van der Waals surface area contributed by atoms with Gasteiger partial charge in [-0.15, -0.1) is 11.3 Å². The molecule has 0 saturated heterocycles. The van der Waals surface area contributed by atoms with Gasteiger partial charge in [0, 0.05) is 25.5 Å². The third-order valence-corrected chi connectivity index (χ3v) is 4.44. The molecule has 0 unspecified atom stereocenters. The summed E-state index contributed by atoms with van der Waals surface area (Å²) in [6, 6.07) is 5.91. The quantitative estimate of drug-likeness (QED) is 0.593. The lowest BCUT2D eigenvalue weighted by Crippen LogP contribution is -1.97. The molecule has 0 N–H and O–H groups in total. The van der Waals surface area contributed by atoms with Gasteiger partial charge in [-0.25, -0.2) is 0 Å². The van der Waals surface area contributed by atoms with Gasteiger partial charge in [0.05, 0.1) is 5.33 Å². The summed E-state index contributed by atoms with van der Waals surface area (Å²) in [6.07, 6.45) is 0. The zero-order valence-electron chi connectivity index (χ0n) is 7.09. The maximum atomic E-state index is 11.5. The van der Waals surface area contributed by atoms with Crippen LogP contribution < -0.4 is 0 Å². The smallest absolute Gasteiger partial charge is 0.174 e. The van der Waals surface area contributed by atoms with Crippen LogP contribution in [0.15, 0.2) is 28.1 Å². The Morgan fingerprint density at radius 2 is 2.21 bits per heavy atom. The average molecular weight is 334 g/mol. The summed E-state index contributed by atoms with van der Waals surface area (Å²) in [5.74, 6) is 0.134. The van der Waals surface area contributed by atoms with Gasteiger partial charge in [0.1, 0.15) is 0 Å². The van der Waals surface area contributed by atoms with Gasteiger partial charge < -0.3 is 0 Å². The minimum Gasteiger partial charge on any atom is -0.293 e. The summed E-state index contributed by atoms with van der Waals surface area (Å²) in [7, 11) is 0. The second kappa shape index (κ2) is 4.13. The van der Waals surface area contributed by atoms with Gasteiger partial charge in [0.25, 0.3) is 0 Å². The molecule has 0 spiro atoms. The van der Waals surface area contributed by atoms with Crippen LogP contribution >= 0.6 is 43.2 Å². The lowest BCUT2D eigenvalue weighted by Gasteiger charge is -1.95. The third-order valence-electron chi connectivity index (χ3n) is 1.97. The fourth-order valence-electron chi connectivity index (χ4n) is 1.31. The van der Waals surface area contributed by atoms with Crippen molar-refractivity contribution in [3.8, 4) is 0 Å². The van der Waals surface area contributed by atoms with Crippen molar-refractivity contribution in [1.82, 2.24) is 0 Å². The van der Waals surface area contributed by atoms with Crippen molar-refractivity contribution < 1.29 is 4.79 Å². The van der Waals surface area contributed by atoms with E-state index in [2.05, 4.69) is 31.9 Å². The number of hydrogen-bond donors (Lipinski definition) is 0. The Hall–Kier alpha value is -0.190. The van der Waals surface area contributed by atoms with Crippen molar-refractivity contribution in [2.45, 2.75) is 0 Å². The zero-order chi connectivity index (χ0) is 10.1. The highest BCUT2D eigenvalue weighted by Gasteiger charge is 2.11. The van der Waals surface area contributed by atoms with E-state index in [1.807, 2.05) is 23.6 Å². The van der Waals surface area contributed by atoms with Crippen molar-refractivity contribution in [3.63, 3.8) is 0 Å². The molecule has 14 heavy (non-hydrogen) atoms. The third kappa shape index (κ3) is 1.66. The maximum Gasteiger partial charge on any atom is 0.174 e. The molecule has 1 heterocycles. The summed E-state index contributed by atoms with van der Waals surface area (Å²) in [6.45, 7) is 0. The Morgan fingerprint density at radius 1 is 1.43 bits per heavy atom. The van der Waals surface area contributed by atoms with Crippen LogP contribution in [-0.4, -0.2) is 11.1 Å². The summed E-state index contributed by atoms with van der Waals surface area (Å²) in [4.78, 5) is 11.5. The predicted molar refractivity (Wildman–Crippen MR) is 67.6 cm³/mol. The summed E-state index contributed by atoms with van der Waals surface area (Å²) in [5.41, 5.74) is 0.808. The number of carbonyl (C=O) groups excluding carboxylic acids is 1. The Bertz CT molecular complexity index is 490. The number of ketones is 1. The number of benzene rings is 1. The molecule has 4 heteroatoms. The van der Waals surface area contributed by atoms with E-state index in [0.29, 0.717) is 5.33 Å². The van der Waals surface area contributed by atoms with E-state index in [4.69, 9.17) is 0 Å². The molecule has 1 aromatic carbocycles. The minimum atomic E-state index is 0.134. The van der Waals surface area contributed by atoms with Crippen molar-refractivity contribution in [2.24, 2.45) is 0 Å². The molecule has 0 aliphatic rings. The van der Waals surface area contributed by atoms with E-state index in [1.54, 1.807) is 11.3 Å². The fourth-order valence-corrected chi connectivity index (χ4v) is 3.24. The lowest BCUT2D eigenvalue weighted by atomic mass is 10.1. The van der Waals surface area contributed by atoms with Crippen molar-refractivity contribution in [2.75, 3.05) is 5.33 Å². The summed E-state index contributed by atoms with van der Waals surface area (Å²) < 4.78 is 2.19. The van der Waals surface area contributed by atoms with E-state index in [-0.39, 0.29) is 5.78 Å². The molecule has 0 aliphatic carbocycles. The molecular formula is C10H6Br2OS. The summed E-state index contributed by atoms with van der Waals surface area (Å²) in [5, 5.41) is 3.33. The normalized spacial score (nSPS) is 10.7. The van der Waals surface area contributed by atoms with Gasteiger partial charge in [0.2, 0.25) is 0 Å². The highest BCUT2D eigenvalue weighted by Crippen LogP contribution is 2.32. The fraction of sp³-hybridized carbons (Fsp3) is 0.100. The van der Waals surface area contributed by atoms with E-state index in [0.717, 1.165) is 20.1 Å². The Morgan fingerprint density at radius 3 is 2.93 bits per heavy atom. The lowest BCUT2D eigenvalue weighted by molar-refractivity contribution is 0.102. The second-order valence-electron chi connectivity index (χ2n) is 2.82. The number of carbonyl (C=O) groups is 1. The van der Waals surface area contributed by atoms with Crippen LogP contribution in [0.5, 0.6) is 0 Å². The molecule has 0 amide bonds. The van der Waals surface area contributed by atoms with Crippen LogP contribution in [0.3, 0.4) is 0 Å². The molecule has 0 aliphatic heterocycles. The highest BCUT2D eigenvalue weighted by molar-refractivity contribution is 9.10. The van der Waals surface area contributed by atoms with Crippen molar-refractivity contribution in [1.29, 1.82) is 0 Å². The molecule has 0 bridgehead atoms. The molecule has 1 nitrogen and oxygen atoms in total. The van der Waals surface area contributed by atoms with E-state index < -0.39 is 0 Å². The first-order valence-corrected chi connectivity index (χ1v) is 6.78. The SMILES string of the molecule is O=C(CBr)c1csc2c(Br)cccc12. The monoisotopic (exact) mass is 332 g/mol. The number of rotatable bonds is 2. The van der Waals surface area contributed by atoms with Gasteiger partial charge in [-0.1, -0.05) is 28.1 Å². The van der Waals surface area contributed by atoms with Crippen LogP contribution in [0.2, 0.25) is 0 Å². The first-order valence-electron chi connectivity index (χ1n) is 3.99. The van der Waals surface area contributed by atoms with Gasteiger partial charge in [-0.05, 0) is 22.0 Å². The minimum absolute atomic E-state index is 0.134. The van der Waals surface area contributed by atoms with Crippen LogP contribution in [0.25, 0.3) is 10.1 Å². The van der Waals surface area contributed by atoms with Crippen LogP contribution in [0, 0.1) is 0 Å². The Kier molecular flexibility index (Phi) is 3.04. The first kappa shape index (κ1) is 10.3. The molecule has 72 valence electrons. The van der Waals surface area contributed by atoms with Crippen LogP contribution in [-0.2, 0) is 0 Å². The molecular weight excluding hydrogens is 328 g/mol. The zero-order valence-corrected chi connectivity index (χ0v) is 11.1. The van der Waals surface area contributed by atoms with Crippen molar-refractivity contribution in [3.05, 3.63) is 33.6 Å². The highest BCUT2D eigenvalue weighted by atomic mass is 79.9. The number of alkyl halides is 1. The molecule has 1 aromatic heterocycles. The van der Waals surface area contributed by atoms with Crippen LogP contribution in [0.4, 0.5) is 0 Å². The van der Waals surface area contributed by atoms with Gasteiger partial charge in [-0.2, -0.15) is 0 Å². The Labute approximate surface area is 102 Å². The average Bonchev–Trinajstić information content (AvgIpc) is 2.62. The molecule has 2 rings (SSSR count). The molecule has 0 radical (unpaired) electrons. The molecule has 0 fully saturated rings. The van der Waals surface area contributed by atoms with E-state index >= 15 is 0 Å². The predicted octanol–water partition coefficient (Wildman–Crippen LogP) is 4.24. The standard InChI is InChI=1S/C10H6Br2OS/c11-4-9(13)7-5-14-10-6(7)2-1-3-8(10)12/h1-3,5H,4H2. The number of halogens is 2. The number of Topliss-reactive ketones (excluding diaryl/α,β-unsaturated/α-hetero) is 1. The molecule has 0 saturated carbocycles. The topological polar surface area (TPSA) is 17.1 Å². The van der Waals surface area contributed by atoms with Gasteiger partial charge in [0.15, 0.2) is 5.78 Å².